The van der Waals surface area contributed by atoms with E-state index in [0.29, 0.717) is 6.54 Å². The van der Waals surface area contributed by atoms with E-state index in [9.17, 15) is 14.7 Å². The van der Waals surface area contributed by atoms with Gasteiger partial charge in [0.2, 0.25) is 5.91 Å². The Morgan fingerprint density at radius 2 is 1.76 bits per heavy atom. The van der Waals surface area contributed by atoms with Gasteiger partial charge in [-0.2, -0.15) is 0 Å². The number of carboxylic acid groups (broad SMARTS) is 1. The molecular weight excluding hydrogens is 266 g/mol. The van der Waals surface area contributed by atoms with Gasteiger partial charge < -0.3 is 10.4 Å². The van der Waals surface area contributed by atoms with Gasteiger partial charge in [0.1, 0.15) is 0 Å². The summed E-state index contributed by atoms with van der Waals surface area (Å²) in [6.07, 6.45) is 3.67. The smallest absolute Gasteiger partial charge is 0.307 e. The first-order valence-electron chi connectivity index (χ1n) is 7.71. The highest BCUT2D eigenvalue weighted by molar-refractivity contribution is 5.86. The number of fused-ring (bicyclic) bond motifs is 2. The Bertz CT molecular complexity index is 528. The minimum absolute atomic E-state index is 0.0643. The van der Waals surface area contributed by atoms with Crippen LogP contribution in [0.25, 0.3) is 0 Å². The summed E-state index contributed by atoms with van der Waals surface area (Å²) in [5.41, 5.74) is 1.18. The van der Waals surface area contributed by atoms with Crippen LogP contribution in [0.2, 0.25) is 0 Å². The van der Waals surface area contributed by atoms with Gasteiger partial charge in [-0.3, -0.25) is 9.59 Å². The molecule has 0 spiro atoms. The van der Waals surface area contributed by atoms with E-state index in [1.165, 1.54) is 5.56 Å². The Morgan fingerprint density at radius 1 is 1.10 bits per heavy atom. The number of carboxylic acids is 1. The van der Waals surface area contributed by atoms with Crippen molar-refractivity contribution in [1.29, 1.82) is 0 Å². The Kier molecular flexibility index (Phi) is 3.95. The van der Waals surface area contributed by atoms with Crippen LogP contribution in [0.15, 0.2) is 30.3 Å². The molecule has 2 saturated carbocycles. The van der Waals surface area contributed by atoms with Gasteiger partial charge >= 0.3 is 5.97 Å². The van der Waals surface area contributed by atoms with E-state index in [4.69, 9.17) is 0 Å². The number of benzene rings is 1. The average molecular weight is 287 g/mol. The van der Waals surface area contributed by atoms with Crippen LogP contribution in [0, 0.1) is 23.7 Å². The third-order valence-corrected chi connectivity index (χ3v) is 5.06. The monoisotopic (exact) mass is 287 g/mol. The zero-order chi connectivity index (χ0) is 14.8. The molecular formula is C17H21NO3. The quantitative estimate of drug-likeness (QED) is 0.871. The van der Waals surface area contributed by atoms with E-state index in [1.807, 2.05) is 30.3 Å². The lowest BCUT2D eigenvalue weighted by molar-refractivity contribution is -0.149. The van der Waals surface area contributed by atoms with E-state index in [-0.39, 0.29) is 23.7 Å². The highest BCUT2D eigenvalue weighted by atomic mass is 16.4. The van der Waals surface area contributed by atoms with E-state index < -0.39 is 11.9 Å². The number of carbonyl (C=O) groups is 2. The Balaban J connectivity index is 1.56. The number of hydrogen-bond acceptors (Lipinski definition) is 2. The zero-order valence-electron chi connectivity index (χ0n) is 12.0. The number of hydrogen-bond donors (Lipinski definition) is 2. The summed E-state index contributed by atoms with van der Waals surface area (Å²) in [6, 6.07) is 9.99. The maximum absolute atomic E-state index is 12.4. The fourth-order valence-corrected chi connectivity index (χ4v) is 4.12. The van der Waals surface area contributed by atoms with Crippen molar-refractivity contribution in [1.82, 2.24) is 5.32 Å². The van der Waals surface area contributed by atoms with Crippen LogP contribution in [0.5, 0.6) is 0 Å². The van der Waals surface area contributed by atoms with Crippen LogP contribution in [0.3, 0.4) is 0 Å². The van der Waals surface area contributed by atoms with Gasteiger partial charge in [-0.25, -0.2) is 0 Å². The molecule has 2 fully saturated rings. The topological polar surface area (TPSA) is 66.4 Å². The molecule has 0 aliphatic heterocycles. The highest BCUT2D eigenvalue weighted by Crippen LogP contribution is 2.52. The average Bonchev–Trinajstić information content (AvgIpc) is 3.08. The maximum Gasteiger partial charge on any atom is 0.307 e. The summed E-state index contributed by atoms with van der Waals surface area (Å²) in [6.45, 7) is 0.572. The lowest BCUT2D eigenvalue weighted by Gasteiger charge is -2.27. The molecule has 0 aromatic heterocycles. The van der Waals surface area contributed by atoms with E-state index in [1.54, 1.807) is 0 Å². The SMILES string of the molecule is O=C(O)[C@@H]1[C@H]2CC[C@@H](C2)[C@H]1C(=O)NCCc1ccccc1. The van der Waals surface area contributed by atoms with Crippen LogP contribution in [0.1, 0.15) is 24.8 Å². The van der Waals surface area contributed by atoms with Crippen molar-refractivity contribution in [3.8, 4) is 0 Å². The van der Waals surface area contributed by atoms with E-state index in [2.05, 4.69) is 5.32 Å². The van der Waals surface area contributed by atoms with Gasteiger partial charge in [-0.05, 0) is 43.1 Å². The molecule has 2 aliphatic rings. The molecule has 4 heteroatoms. The summed E-state index contributed by atoms with van der Waals surface area (Å²) >= 11 is 0. The molecule has 1 amide bonds. The van der Waals surface area contributed by atoms with Crippen LogP contribution < -0.4 is 5.32 Å². The number of rotatable bonds is 5. The molecule has 2 N–H and O–H groups in total. The number of carbonyl (C=O) groups excluding carboxylic acids is 1. The normalized spacial score (nSPS) is 30.3. The van der Waals surface area contributed by atoms with Gasteiger partial charge in [0, 0.05) is 6.54 Å². The lowest BCUT2D eigenvalue weighted by atomic mass is 9.78. The first-order valence-corrected chi connectivity index (χ1v) is 7.71. The van der Waals surface area contributed by atoms with Crippen LogP contribution >= 0.6 is 0 Å². The largest absolute Gasteiger partial charge is 0.481 e. The molecule has 1 aromatic carbocycles. The van der Waals surface area contributed by atoms with Crippen molar-refractivity contribution in [2.75, 3.05) is 6.54 Å². The van der Waals surface area contributed by atoms with Crippen molar-refractivity contribution >= 4 is 11.9 Å². The third kappa shape index (κ3) is 2.80. The van der Waals surface area contributed by atoms with Crippen LogP contribution in [-0.2, 0) is 16.0 Å². The van der Waals surface area contributed by atoms with Crippen LogP contribution in [-0.4, -0.2) is 23.5 Å². The minimum Gasteiger partial charge on any atom is -0.481 e. The summed E-state index contributed by atoms with van der Waals surface area (Å²) in [5.74, 6) is -1.18. The van der Waals surface area contributed by atoms with Gasteiger partial charge in [0.25, 0.3) is 0 Å². The zero-order valence-corrected chi connectivity index (χ0v) is 12.0. The first-order chi connectivity index (χ1) is 10.2. The van der Waals surface area contributed by atoms with E-state index >= 15 is 0 Å². The molecule has 0 saturated heterocycles. The van der Waals surface area contributed by atoms with Gasteiger partial charge in [-0.15, -0.1) is 0 Å². The van der Waals surface area contributed by atoms with Crippen molar-refractivity contribution in [3.63, 3.8) is 0 Å². The molecule has 2 bridgehead atoms. The second-order valence-electron chi connectivity index (χ2n) is 6.25. The fourth-order valence-electron chi connectivity index (χ4n) is 4.12. The fraction of sp³-hybridized carbons (Fsp3) is 0.529. The number of nitrogens with one attached hydrogen (secondary N) is 1. The first kappa shape index (κ1) is 14.1. The summed E-state index contributed by atoms with van der Waals surface area (Å²) in [4.78, 5) is 23.8. The molecule has 2 aliphatic carbocycles. The predicted molar refractivity (Wildman–Crippen MR) is 78.6 cm³/mol. The summed E-state index contributed by atoms with van der Waals surface area (Å²) < 4.78 is 0. The molecule has 1 aromatic rings. The summed E-state index contributed by atoms with van der Waals surface area (Å²) in [7, 11) is 0. The second kappa shape index (κ2) is 5.88. The van der Waals surface area contributed by atoms with Crippen LogP contribution in [0.4, 0.5) is 0 Å². The molecule has 0 radical (unpaired) electrons. The van der Waals surface area contributed by atoms with Crippen molar-refractivity contribution < 1.29 is 14.7 Å². The van der Waals surface area contributed by atoms with Gasteiger partial charge in [0.15, 0.2) is 0 Å². The predicted octanol–water partition coefficient (Wildman–Crippen LogP) is 2.09. The molecule has 112 valence electrons. The Labute approximate surface area is 124 Å². The Hall–Kier alpha value is -1.84. The summed E-state index contributed by atoms with van der Waals surface area (Å²) in [5, 5.41) is 12.3. The van der Waals surface area contributed by atoms with E-state index in [0.717, 1.165) is 25.7 Å². The Morgan fingerprint density at radius 3 is 2.43 bits per heavy atom. The van der Waals surface area contributed by atoms with Crippen molar-refractivity contribution in [2.45, 2.75) is 25.7 Å². The highest BCUT2D eigenvalue weighted by Gasteiger charge is 2.53. The molecule has 0 unspecified atom stereocenters. The standard InChI is InChI=1S/C17H21NO3/c19-16(18-9-8-11-4-2-1-3-5-11)14-12-6-7-13(10-12)15(14)17(20)21/h1-5,12-15H,6-10H2,(H,18,19)(H,20,21)/t12-,13-,14+,15+/m0/s1. The van der Waals surface area contributed by atoms with Gasteiger partial charge in [0.05, 0.1) is 11.8 Å². The molecule has 4 nitrogen and oxygen atoms in total. The van der Waals surface area contributed by atoms with Crippen molar-refractivity contribution in [3.05, 3.63) is 35.9 Å². The number of aliphatic carboxylic acids is 1. The van der Waals surface area contributed by atoms with Gasteiger partial charge in [-0.1, -0.05) is 30.3 Å². The third-order valence-electron chi connectivity index (χ3n) is 5.06. The second-order valence-corrected chi connectivity index (χ2v) is 6.25. The molecule has 3 rings (SSSR count). The molecule has 21 heavy (non-hydrogen) atoms. The molecule has 4 atom stereocenters. The lowest BCUT2D eigenvalue weighted by Crippen LogP contribution is -2.41. The molecule has 0 heterocycles. The minimum atomic E-state index is -0.801. The number of amides is 1. The van der Waals surface area contributed by atoms with Crippen molar-refractivity contribution in [2.24, 2.45) is 23.7 Å². The maximum atomic E-state index is 12.4.